The smallest absolute Gasteiger partial charge is 0.225 e. The van der Waals surface area contributed by atoms with Gasteiger partial charge >= 0.3 is 0 Å². The standard InChI is InChI=1S/C17H29N3O2/c1-13(21)19-9-5-14(6-10-19)17(22)20-11-7-16-15(12-20)4-2-3-8-18-16/h14-16,18H,2-12H2,1H3/t15-,16+/m0/s1. The van der Waals surface area contributed by atoms with Crippen molar-refractivity contribution < 1.29 is 9.59 Å². The number of piperidine rings is 2. The second-order valence-corrected chi connectivity index (χ2v) is 7.17. The zero-order valence-electron chi connectivity index (χ0n) is 13.7. The van der Waals surface area contributed by atoms with Crippen LogP contribution in [0, 0.1) is 11.8 Å². The van der Waals surface area contributed by atoms with Crippen molar-refractivity contribution in [2.24, 2.45) is 11.8 Å². The van der Waals surface area contributed by atoms with Gasteiger partial charge in [-0.1, -0.05) is 6.42 Å². The average molecular weight is 307 g/mol. The van der Waals surface area contributed by atoms with E-state index in [1.165, 1.54) is 19.3 Å². The molecule has 0 spiro atoms. The molecule has 0 aromatic carbocycles. The number of hydrogen-bond acceptors (Lipinski definition) is 3. The Labute approximate surface area is 133 Å². The summed E-state index contributed by atoms with van der Waals surface area (Å²) in [4.78, 5) is 28.2. The van der Waals surface area contributed by atoms with Gasteiger partial charge in [0.2, 0.25) is 11.8 Å². The van der Waals surface area contributed by atoms with Crippen molar-refractivity contribution in [1.29, 1.82) is 0 Å². The Kier molecular flexibility index (Phi) is 5.01. The highest BCUT2D eigenvalue weighted by molar-refractivity contribution is 5.80. The molecule has 1 N–H and O–H groups in total. The van der Waals surface area contributed by atoms with Crippen molar-refractivity contribution in [3.63, 3.8) is 0 Å². The number of amides is 2. The van der Waals surface area contributed by atoms with Gasteiger partial charge in [0, 0.05) is 45.1 Å². The molecule has 3 rings (SSSR count). The third-order valence-electron chi connectivity index (χ3n) is 5.74. The third kappa shape index (κ3) is 3.45. The highest BCUT2D eigenvalue weighted by Gasteiger charge is 2.35. The first-order valence-electron chi connectivity index (χ1n) is 8.93. The second-order valence-electron chi connectivity index (χ2n) is 7.17. The first-order valence-corrected chi connectivity index (χ1v) is 8.93. The molecule has 3 fully saturated rings. The SMILES string of the molecule is CC(=O)N1CCC(C(=O)N2CC[C@H]3NCCCC[C@H]3C2)CC1. The lowest BCUT2D eigenvalue weighted by Gasteiger charge is -2.40. The Balaban J connectivity index is 1.53. The van der Waals surface area contributed by atoms with Gasteiger partial charge in [-0.25, -0.2) is 0 Å². The molecule has 3 saturated heterocycles. The largest absolute Gasteiger partial charge is 0.343 e. The van der Waals surface area contributed by atoms with Gasteiger partial charge in [0.1, 0.15) is 0 Å². The van der Waals surface area contributed by atoms with Crippen molar-refractivity contribution in [3.05, 3.63) is 0 Å². The van der Waals surface area contributed by atoms with Crippen LogP contribution in [0.4, 0.5) is 0 Å². The van der Waals surface area contributed by atoms with Crippen LogP contribution >= 0.6 is 0 Å². The molecule has 22 heavy (non-hydrogen) atoms. The molecule has 0 aromatic heterocycles. The summed E-state index contributed by atoms with van der Waals surface area (Å²) in [6.07, 6.45) is 6.58. The topological polar surface area (TPSA) is 52.7 Å². The van der Waals surface area contributed by atoms with E-state index in [1.54, 1.807) is 6.92 Å². The maximum Gasteiger partial charge on any atom is 0.225 e. The molecule has 0 radical (unpaired) electrons. The lowest BCUT2D eigenvalue weighted by Crippen LogP contribution is -2.52. The van der Waals surface area contributed by atoms with Crippen molar-refractivity contribution in [3.8, 4) is 0 Å². The molecule has 3 aliphatic rings. The second kappa shape index (κ2) is 6.99. The highest BCUT2D eigenvalue weighted by Crippen LogP contribution is 2.27. The number of likely N-dealkylation sites (tertiary alicyclic amines) is 2. The van der Waals surface area contributed by atoms with E-state index in [4.69, 9.17) is 0 Å². The van der Waals surface area contributed by atoms with E-state index in [0.29, 0.717) is 17.9 Å². The molecule has 3 heterocycles. The number of rotatable bonds is 1. The summed E-state index contributed by atoms with van der Waals surface area (Å²) in [5.41, 5.74) is 0. The predicted molar refractivity (Wildman–Crippen MR) is 85.3 cm³/mol. The zero-order valence-corrected chi connectivity index (χ0v) is 13.7. The van der Waals surface area contributed by atoms with E-state index in [0.717, 1.165) is 52.0 Å². The van der Waals surface area contributed by atoms with Crippen LogP contribution in [0.3, 0.4) is 0 Å². The van der Waals surface area contributed by atoms with E-state index >= 15 is 0 Å². The third-order valence-corrected chi connectivity index (χ3v) is 5.74. The Morgan fingerprint density at radius 1 is 0.955 bits per heavy atom. The van der Waals surface area contributed by atoms with E-state index in [-0.39, 0.29) is 11.8 Å². The normalized spacial score (nSPS) is 30.6. The van der Waals surface area contributed by atoms with Crippen LogP contribution in [0.2, 0.25) is 0 Å². The van der Waals surface area contributed by atoms with E-state index in [9.17, 15) is 9.59 Å². The molecule has 0 aliphatic carbocycles. The van der Waals surface area contributed by atoms with Crippen LogP contribution in [0.25, 0.3) is 0 Å². The van der Waals surface area contributed by atoms with Crippen molar-refractivity contribution in [1.82, 2.24) is 15.1 Å². The molecule has 5 heteroatoms. The van der Waals surface area contributed by atoms with E-state index in [2.05, 4.69) is 10.2 Å². The van der Waals surface area contributed by atoms with E-state index < -0.39 is 0 Å². The van der Waals surface area contributed by atoms with Gasteiger partial charge in [-0.15, -0.1) is 0 Å². The number of carbonyl (C=O) groups excluding carboxylic acids is 2. The fraction of sp³-hybridized carbons (Fsp3) is 0.882. The number of nitrogens with one attached hydrogen (secondary N) is 1. The summed E-state index contributed by atoms with van der Waals surface area (Å²) >= 11 is 0. The van der Waals surface area contributed by atoms with Gasteiger partial charge in [-0.05, 0) is 44.6 Å². The van der Waals surface area contributed by atoms with Crippen LogP contribution in [0.5, 0.6) is 0 Å². The van der Waals surface area contributed by atoms with Gasteiger partial charge in [0.25, 0.3) is 0 Å². The molecule has 0 aromatic rings. The van der Waals surface area contributed by atoms with Crippen molar-refractivity contribution >= 4 is 11.8 Å². The molecule has 0 bridgehead atoms. The maximum absolute atomic E-state index is 12.8. The fourth-order valence-electron chi connectivity index (χ4n) is 4.31. The minimum Gasteiger partial charge on any atom is -0.343 e. The summed E-state index contributed by atoms with van der Waals surface area (Å²) in [6, 6.07) is 0.617. The molecule has 2 amide bonds. The van der Waals surface area contributed by atoms with Crippen LogP contribution in [0.1, 0.15) is 45.4 Å². The quantitative estimate of drug-likeness (QED) is 0.793. The molecule has 3 aliphatic heterocycles. The number of nitrogens with zero attached hydrogens (tertiary/aromatic N) is 2. The molecular weight excluding hydrogens is 278 g/mol. The summed E-state index contributed by atoms with van der Waals surface area (Å²) < 4.78 is 0. The lowest BCUT2D eigenvalue weighted by molar-refractivity contribution is -0.141. The summed E-state index contributed by atoms with van der Waals surface area (Å²) in [7, 11) is 0. The molecule has 124 valence electrons. The van der Waals surface area contributed by atoms with Gasteiger partial charge in [-0.3, -0.25) is 9.59 Å². The predicted octanol–water partition coefficient (Wildman–Crippen LogP) is 1.24. The minimum absolute atomic E-state index is 0.130. The summed E-state index contributed by atoms with van der Waals surface area (Å²) in [5, 5.41) is 3.66. The number of fused-ring (bicyclic) bond motifs is 1. The summed E-state index contributed by atoms with van der Waals surface area (Å²) in [6.45, 7) is 6.08. The van der Waals surface area contributed by atoms with Crippen LogP contribution in [-0.2, 0) is 9.59 Å². The Morgan fingerprint density at radius 2 is 1.68 bits per heavy atom. The first kappa shape index (κ1) is 15.8. The van der Waals surface area contributed by atoms with Gasteiger partial charge in [0.05, 0.1) is 0 Å². The van der Waals surface area contributed by atoms with Crippen LogP contribution < -0.4 is 5.32 Å². The van der Waals surface area contributed by atoms with Gasteiger partial charge < -0.3 is 15.1 Å². The van der Waals surface area contributed by atoms with Gasteiger partial charge in [0.15, 0.2) is 0 Å². The average Bonchev–Trinajstić information content (AvgIpc) is 2.78. The maximum atomic E-state index is 12.8. The monoisotopic (exact) mass is 307 g/mol. The van der Waals surface area contributed by atoms with Crippen LogP contribution in [-0.4, -0.2) is 60.4 Å². The van der Waals surface area contributed by atoms with Crippen molar-refractivity contribution in [2.75, 3.05) is 32.7 Å². The lowest BCUT2D eigenvalue weighted by atomic mass is 9.87. The fourth-order valence-corrected chi connectivity index (χ4v) is 4.31. The highest BCUT2D eigenvalue weighted by atomic mass is 16.2. The van der Waals surface area contributed by atoms with E-state index in [1.807, 2.05) is 4.90 Å². The van der Waals surface area contributed by atoms with Gasteiger partial charge in [-0.2, -0.15) is 0 Å². The Hall–Kier alpha value is -1.10. The number of hydrogen-bond donors (Lipinski definition) is 1. The molecule has 2 atom stereocenters. The Morgan fingerprint density at radius 3 is 2.41 bits per heavy atom. The Bertz CT molecular complexity index is 418. The minimum atomic E-state index is 0.130. The first-order chi connectivity index (χ1) is 10.6. The molecular formula is C17H29N3O2. The molecule has 5 nitrogen and oxygen atoms in total. The molecule has 0 unspecified atom stereocenters. The summed E-state index contributed by atoms with van der Waals surface area (Å²) in [5.74, 6) is 1.24. The number of carbonyl (C=O) groups is 2. The van der Waals surface area contributed by atoms with Crippen LogP contribution in [0.15, 0.2) is 0 Å². The molecule has 0 saturated carbocycles. The zero-order chi connectivity index (χ0) is 15.5. The van der Waals surface area contributed by atoms with Crippen molar-refractivity contribution in [2.45, 2.75) is 51.5 Å².